The lowest BCUT2D eigenvalue weighted by atomic mass is 10.1. The van der Waals surface area contributed by atoms with Crippen LogP contribution < -0.4 is 5.32 Å². The first-order valence-electron chi connectivity index (χ1n) is 6.79. The molecule has 1 amide bonds. The fraction of sp³-hybridized carbons (Fsp3) is 0.438. The molecule has 4 heteroatoms. The second-order valence-electron chi connectivity index (χ2n) is 5.15. The molecule has 0 radical (unpaired) electrons. The van der Waals surface area contributed by atoms with Gasteiger partial charge in [-0.05, 0) is 36.5 Å². The maximum absolute atomic E-state index is 12.0. The zero-order chi connectivity index (χ0) is 14.5. The zero-order valence-corrected chi connectivity index (χ0v) is 12.2. The Morgan fingerprint density at radius 3 is 2.90 bits per heavy atom. The maximum Gasteiger partial charge on any atom is 0.251 e. The Labute approximate surface area is 124 Å². The molecule has 106 valence electrons. The van der Waals surface area contributed by atoms with Crippen molar-refractivity contribution in [1.82, 2.24) is 5.32 Å². The fourth-order valence-corrected chi connectivity index (χ4v) is 2.21. The molecule has 2 unspecified atom stereocenters. The van der Waals surface area contributed by atoms with E-state index in [0.717, 1.165) is 12.5 Å². The van der Waals surface area contributed by atoms with Crippen molar-refractivity contribution in [1.29, 1.82) is 0 Å². The van der Waals surface area contributed by atoms with Crippen molar-refractivity contribution >= 4 is 17.5 Å². The van der Waals surface area contributed by atoms with Crippen LogP contribution in [0.15, 0.2) is 18.2 Å². The highest BCUT2D eigenvalue weighted by molar-refractivity contribution is 6.32. The predicted octanol–water partition coefficient (Wildman–Crippen LogP) is 2.46. The summed E-state index contributed by atoms with van der Waals surface area (Å²) in [6, 6.07) is 5.10. The second-order valence-corrected chi connectivity index (χ2v) is 5.56. The summed E-state index contributed by atoms with van der Waals surface area (Å²) in [5.41, 5.74) is 1.23. The third-order valence-corrected chi connectivity index (χ3v) is 3.80. The summed E-state index contributed by atoms with van der Waals surface area (Å²) in [5, 5.41) is 12.1. The van der Waals surface area contributed by atoms with Crippen molar-refractivity contribution in [3.8, 4) is 11.8 Å². The van der Waals surface area contributed by atoms with Crippen LogP contribution in [0.2, 0.25) is 5.02 Å². The van der Waals surface area contributed by atoms with Gasteiger partial charge in [0.25, 0.3) is 5.91 Å². The molecular formula is C16H18ClNO2. The van der Waals surface area contributed by atoms with Crippen LogP contribution >= 0.6 is 11.6 Å². The highest BCUT2D eigenvalue weighted by Gasteiger charge is 2.32. The Morgan fingerprint density at radius 2 is 2.30 bits per heavy atom. The van der Waals surface area contributed by atoms with Gasteiger partial charge in [-0.25, -0.2) is 0 Å². The molecule has 0 heterocycles. The molecular weight excluding hydrogens is 274 g/mol. The van der Waals surface area contributed by atoms with E-state index >= 15 is 0 Å². The summed E-state index contributed by atoms with van der Waals surface area (Å²) in [5.74, 6) is 6.93. The molecule has 1 aliphatic carbocycles. The van der Waals surface area contributed by atoms with Gasteiger partial charge in [0, 0.05) is 24.1 Å². The lowest BCUT2D eigenvalue weighted by molar-refractivity contribution is 0.0951. The van der Waals surface area contributed by atoms with Gasteiger partial charge in [0.2, 0.25) is 0 Å². The fourth-order valence-electron chi connectivity index (χ4n) is 1.98. The lowest BCUT2D eigenvalue weighted by Gasteiger charge is -2.05. The molecule has 3 nitrogen and oxygen atoms in total. The van der Waals surface area contributed by atoms with Crippen LogP contribution in [0.25, 0.3) is 0 Å². The summed E-state index contributed by atoms with van der Waals surface area (Å²) in [7, 11) is 0. The van der Waals surface area contributed by atoms with Crippen molar-refractivity contribution in [2.24, 2.45) is 11.8 Å². The molecule has 1 aromatic rings. The van der Waals surface area contributed by atoms with E-state index < -0.39 is 0 Å². The first-order valence-corrected chi connectivity index (χ1v) is 7.17. The Bertz CT molecular complexity index is 559. The number of aliphatic hydroxyl groups excluding tert-OH is 1. The number of hydrogen-bond donors (Lipinski definition) is 2. The van der Waals surface area contributed by atoms with E-state index in [1.54, 1.807) is 18.2 Å². The molecule has 0 bridgehead atoms. The predicted molar refractivity (Wildman–Crippen MR) is 79.6 cm³/mol. The van der Waals surface area contributed by atoms with E-state index in [9.17, 15) is 4.79 Å². The Kier molecular flexibility index (Phi) is 5.05. The van der Waals surface area contributed by atoms with Crippen molar-refractivity contribution in [3.05, 3.63) is 34.3 Å². The van der Waals surface area contributed by atoms with Gasteiger partial charge in [-0.1, -0.05) is 30.4 Å². The molecule has 1 aromatic carbocycles. The minimum Gasteiger partial charge on any atom is -0.395 e. The third-order valence-electron chi connectivity index (χ3n) is 3.49. The van der Waals surface area contributed by atoms with E-state index in [-0.39, 0.29) is 12.5 Å². The van der Waals surface area contributed by atoms with Crippen LogP contribution in [0.5, 0.6) is 0 Å². The van der Waals surface area contributed by atoms with Crippen LogP contribution in [-0.4, -0.2) is 24.2 Å². The number of amides is 1. The van der Waals surface area contributed by atoms with E-state index in [1.165, 1.54) is 6.42 Å². The standard InChI is InChI=1S/C16H18ClNO2/c1-11-8-14(11)10-18-16(20)13-6-5-12(15(17)9-13)4-2-3-7-19/h5-6,9,11,14,19H,3,7-8,10H2,1H3,(H,18,20). The SMILES string of the molecule is CC1CC1CNC(=O)c1ccc(C#CCCO)c(Cl)c1. The van der Waals surface area contributed by atoms with Gasteiger partial charge in [0.15, 0.2) is 0 Å². The molecule has 0 aliphatic heterocycles. The zero-order valence-electron chi connectivity index (χ0n) is 11.4. The third kappa shape index (κ3) is 4.00. The van der Waals surface area contributed by atoms with Crippen molar-refractivity contribution in [2.45, 2.75) is 19.8 Å². The summed E-state index contributed by atoms with van der Waals surface area (Å²) in [4.78, 5) is 12.0. The van der Waals surface area contributed by atoms with Crippen molar-refractivity contribution in [2.75, 3.05) is 13.2 Å². The molecule has 1 fully saturated rings. The van der Waals surface area contributed by atoms with Crippen LogP contribution in [0.4, 0.5) is 0 Å². The summed E-state index contributed by atoms with van der Waals surface area (Å²) in [6.07, 6.45) is 1.61. The number of aliphatic hydroxyl groups is 1. The van der Waals surface area contributed by atoms with Gasteiger partial charge in [-0.15, -0.1) is 0 Å². The quantitative estimate of drug-likeness (QED) is 0.837. The van der Waals surface area contributed by atoms with Crippen LogP contribution in [-0.2, 0) is 0 Å². The average Bonchev–Trinajstić information content (AvgIpc) is 3.14. The van der Waals surface area contributed by atoms with E-state index in [0.29, 0.717) is 28.5 Å². The monoisotopic (exact) mass is 291 g/mol. The minimum atomic E-state index is -0.0964. The summed E-state index contributed by atoms with van der Waals surface area (Å²) in [6.45, 7) is 2.95. The molecule has 2 N–H and O–H groups in total. The molecule has 2 atom stereocenters. The topological polar surface area (TPSA) is 49.3 Å². The van der Waals surface area contributed by atoms with Gasteiger partial charge in [-0.2, -0.15) is 0 Å². The van der Waals surface area contributed by atoms with Crippen molar-refractivity contribution in [3.63, 3.8) is 0 Å². The molecule has 0 spiro atoms. The summed E-state index contributed by atoms with van der Waals surface area (Å²) < 4.78 is 0. The molecule has 0 saturated heterocycles. The molecule has 2 rings (SSSR count). The van der Waals surface area contributed by atoms with Crippen LogP contribution in [0.3, 0.4) is 0 Å². The molecule has 1 aliphatic rings. The van der Waals surface area contributed by atoms with E-state index in [4.69, 9.17) is 16.7 Å². The second kappa shape index (κ2) is 6.78. The smallest absolute Gasteiger partial charge is 0.251 e. The lowest BCUT2D eigenvalue weighted by Crippen LogP contribution is -2.25. The first-order chi connectivity index (χ1) is 9.61. The Balaban J connectivity index is 1.97. The minimum absolute atomic E-state index is 0.0324. The largest absolute Gasteiger partial charge is 0.395 e. The Hall–Kier alpha value is -1.50. The first kappa shape index (κ1) is 14.9. The van der Waals surface area contributed by atoms with Gasteiger partial charge in [-0.3, -0.25) is 4.79 Å². The number of rotatable bonds is 4. The molecule has 20 heavy (non-hydrogen) atoms. The van der Waals surface area contributed by atoms with Crippen molar-refractivity contribution < 1.29 is 9.90 Å². The van der Waals surface area contributed by atoms with Crippen LogP contribution in [0, 0.1) is 23.7 Å². The number of benzene rings is 1. The van der Waals surface area contributed by atoms with E-state index in [1.807, 2.05) is 0 Å². The van der Waals surface area contributed by atoms with Gasteiger partial charge in [0.05, 0.1) is 11.6 Å². The molecule has 0 aromatic heterocycles. The maximum atomic E-state index is 12.0. The van der Waals surface area contributed by atoms with Crippen LogP contribution in [0.1, 0.15) is 35.7 Å². The van der Waals surface area contributed by atoms with Gasteiger partial charge >= 0.3 is 0 Å². The van der Waals surface area contributed by atoms with Gasteiger partial charge < -0.3 is 10.4 Å². The Morgan fingerprint density at radius 1 is 1.55 bits per heavy atom. The summed E-state index contributed by atoms with van der Waals surface area (Å²) >= 11 is 6.11. The van der Waals surface area contributed by atoms with E-state index in [2.05, 4.69) is 24.1 Å². The number of carbonyl (C=O) groups is 1. The number of hydrogen-bond acceptors (Lipinski definition) is 2. The normalized spacial score (nSPS) is 19.9. The highest BCUT2D eigenvalue weighted by Crippen LogP contribution is 2.36. The number of nitrogens with one attached hydrogen (secondary N) is 1. The number of halogens is 1. The van der Waals surface area contributed by atoms with Gasteiger partial charge in [0.1, 0.15) is 0 Å². The highest BCUT2D eigenvalue weighted by atomic mass is 35.5. The average molecular weight is 292 g/mol. The number of carbonyl (C=O) groups excluding carboxylic acids is 1. The molecule has 1 saturated carbocycles.